The molecule has 1 aromatic heterocycles. The number of nitrogens with zero attached hydrogens (tertiary/aromatic N) is 2. The molecule has 1 aliphatic heterocycles. The molecule has 1 aliphatic rings. The number of aromatic nitrogens is 1. The highest BCUT2D eigenvalue weighted by molar-refractivity contribution is 5.85. The van der Waals surface area contributed by atoms with Crippen LogP contribution in [-0.2, 0) is 0 Å². The van der Waals surface area contributed by atoms with Crippen molar-refractivity contribution in [1.82, 2.24) is 15.2 Å². The van der Waals surface area contributed by atoms with E-state index in [2.05, 4.69) is 15.2 Å². The fourth-order valence-electron chi connectivity index (χ4n) is 2.10. The molecular formula is C12H20Cl2FN3O. The van der Waals surface area contributed by atoms with Crippen molar-refractivity contribution in [2.24, 2.45) is 0 Å². The number of pyridine rings is 1. The number of hydrogen-bond acceptors (Lipinski definition) is 4. The Labute approximate surface area is 125 Å². The number of alkyl halides is 1. The molecule has 0 aromatic carbocycles. The van der Waals surface area contributed by atoms with E-state index >= 15 is 0 Å². The molecule has 0 amide bonds. The molecule has 19 heavy (non-hydrogen) atoms. The van der Waals surface area contributed by atoms with E-state index in [1.165, 1.54) is 0 Å². The van der Waals surface area contributed by atoms with Gasteiger partial charge in [-0.3, -0.25) is 4.90 Å². The molecule has 0 spiro atoms. The predicted octanol–water partition coefficient (Wildman–Crippen LogP) is 1.85. The summed E-state index contributed by atoms with van der Waals surface area (Å²) in [7, 11) is 1.57. The molecule has 1 atom stereocenters. The van der Waals surface area contributed by atoms with Crippen molar-refractivity contribution in [3.8, 4) is 5.88 Å². The Morgan fingerprint density at radius 3 is 2.53 bits per heavy atom. The summed E-state index contributed by atoms with van der Waals surface area (Å²) in [6.07, 6.45) is 1.70. The van der Waals surface area contributed by atoms with Crippen LogP contribution in [0.15, 0.2) is 18.3 Å². The van der Waals surface area contributed by atoms with Crippen molar-refractivity contribution in [3.63, 3.8) is 0 Å². The van der Waals surface area contributed by atoms with Crippen molar-refractivity contribution in [2.75, 3.05) is 40.0 Å². The predicted molar refractivity (Wildman–Crippen MR) is 78.4 cm³/mol. The summed E-state index contributed by atoms with van der Waals surface area (Å²) < 4.78 is 18.2. The van der Waals surface area contributed by atoms with Crippen LogP contribution in [0.25, 0.3) is 0 Å². The molecule has 0 saturated carbocycles. The first-order valence-electron chi connectivity index (χ1n) is 5.86. The third-order valence-electron chi connectivity index (χ3n) is 3.09. The van der Waals surface area contributed by atoms with Crippen LogP contribution in [0.5, 0.6) is 5.88 Å². The van der Waals surface area contributed by atoms with Gasteiger partial charge in [0.1, 0.15) is 6.67 Å². The molecule has 0 aliphatic carbocycles. The summed E-state index contributed by atoms with van der Waals surface area (Å²) in [5.41, 5.74) is 0.912. The topological polar surface area (TPSA) is 37.4 Å². The molecule has 0 bridgehead atoms. The van der Waals surface area contributed by atoms with Crippen molar-refractivity contribution in [3.05, 3.63) is 23.9 Å². The fourth-order valence-corrected chi connectivity index (χ4v) is 2.10. The molecular weight excluding hydrogens is 292 g/mol. The Kier molecular flexibility index (Phi) is 9.01. The summed E-state index contributed by atoms with van der Waals surface area (Å²) >= 11 is 0. The van der Waals surface area contributed by atoms with Gasteiger partial charge in [0, 0.05) is 38.4 Å². The number of nitrogens with one attached hydrogen (secondary N) is 1. The average molecular weight is 312 g/mol. The Bertz CT molecular complexity index is 347. The third kappa shape index (κ3) is 4.76. The van der Waals surface area contributed by atoms with Gasteiger partial charge in [0.2, 0.25) is 5.88 Å². The minimum absolute atomic E-state index is 0. The first kappa shape index (κ1) is 18.4. The van der Waals surface area contributed by atoms with Gasteiger partial charge in [-0.15, -0.1) is 24.8 Å². The highest BCUT2D eigenvalue weighted by Gasteiger charge is 2.22. The Hall–Kier alpha value is -0.620. The van der Waals surface area contributed by atoms with E-state index in [4.69, 9.17) is 4.74 Å². The average Bonchev–Trinajstić information content (AvgIpc) is 2.42. The van der Waals surface area contributed by atoms with Gasteiger partial charge in [-0.2, -0.15) is 0 Å². The van der Waals surface area contributed by atoms with Gasteiger partial charge in [-0.05, 0) is 5.56 Å². The fraction of sp³-hybridized carbons (Fsp3) is 0.583. The minimum Gasteiger partial charge on any atom is -0.481 e. The van der Waals surface area contributed by atoms with E-state index in [0.29, 0.717) is 5.88 Å². The number of rotatable bonds is 4. The molecule has 1 fully saturated rings. The Balaban J connectivity index is 0.00000162. The van der Waals surface area contributed by atoms with E-state index < -0.39 is 0 Å². The second-order valence-corrected chi connectivity index (χ2v) is 4.09. The third-order valence-corrected chi connectivity index (χ3v) is 3.09. The number of halogens is 3. The van der Waals surface area contributed by atoms with Crippen LogP contribution in [0.1, 0.15) is 11.6 Å². The van der Waals surface area contributed by atoms with Gasteiger partial charge in [0.25, 0.3) is 0 Å². The highest BCUT2D eigenvalue weighted by atomic mass is 35.5. The number of methoxy groups -OCH3 is 1. The van der Waals surface area contributed by atoms with Crippen molar-refractivity contribution >= 4 is 24.8 Å². The van der Waals surface area contributed by atoms with E-state index in [-0.39, 0.29) is 37.5 Å². The van der Waals surface area contributed by atoms with Crippen LogP contribution in [0.3, 0.4) is 0 Å². The second kappa shape index (κ2) is 9.31. The molecule has 110 valence electrons. The zero-order valence-corrected chi connectivity index (χ0v) is 12.5. The maximum absolute atomic E-state index is 13.2. The summed E-state index contributed by atoms with van der Waals surface area (Å²) in [6, 6.07) is 3.48. The lowest BCUT2D eigenvalue weighted by Gasteiger charge is -2.33. The second-order valence-electron chi connectivity index (χ2n) is 4.09. The largest absolute Gasteiger partial charge is 0.481 e. The molecule has 2 heterocycles. The molecule has 2 rings (SSSR count). The van der Waals surface area contributed by atoms with Gasteiger partial charge in [0.05, 0.1) is 13.2 Å². The van der Waals surface area contributed by atoms with Gasteiger partial charge < -0.3 is 10.1 Å². The van der Waals surface area contributed by atoms with Crippen LogP contribution < -0.4 is 10.1 Å². The van der Waals surface area contributed by atoms with Gasteiger partial charge >= 0.3 is 0 Å². The van der Waals surface area contributed by atoms with Crippen LogP contribution in [-0.4, -0.2) is 49.8 Å². The number of piperazine rings is 1. The van der Waals surface area contributed by atoms with Crippen LogP contribution in [0.4, 0.5) is 4.39 Å². The van der Waals surface area contributed by atoms with Crippen molar-refractivity contribution in [1.29, 1.82) is 0 Å². The molecule has 4 nitrogen and oxygen atoms in total. The number of hydrogen-bond donors (Lipinski definition) is 1. The van der Waals surface area contributed by atoms with E-state index in [1.54, 1.807) is 19.4 Å². The lowest BCUT2D eigenvalue weighted by Crippen LogP contribution is -2.45. The molecule has 7 heteroatoms. The van der Waals surface area contributed by atoms with E-state index in [1.807, 2.05) is 6.07 Å². The molecule has 1 aromatic rings. The van der Waals surface area contributed by atoms with Crippen molar-refractivity contribution in [2.45, 2.75) is 6.04 Å². The molecule has 1 N–H and O–H groups in total. The molecule has 1 saturated heterocycles. The standard InChI is InChI=1S/C12H18FN3O.2ClH/c1-17-12-3-2-10(9-15-12)11(8-13)16-6-4-14-5-7-16;;/h2-3,9,11,14H,4-8H2,1H3;2*1H/t11-;;/m1../s1. The smallest absolute Gasteiger partial charge is 0.212 e. The van der Waals surface area contributed by atoms with Crippen LogP contribution >= 0.6 is 24.8 Å². The summed E-state index contributed by atoms with van der Waals surface area (Å²) in [5.74, 6) is 0.562. The summed E-state index contributed by atoms with van der Waals surface area (Å²) in [4.78, 5) is 6.28. The Morgan fingerprint density at radius 1 is 1.37 bits per heavy atom. The van der Waals surface area contributed by atoms with Crippen molar-refractivity contribution < 1.29 is 9.13 Å². The monoisotopic (exact) mass is 311 g/mol. The van der Waals surface area contributed by atoms with Crippen LogP contribution in [0.2, 0.25) is 0 Å². The van der Waals surface area contributed by atoms with Gasteiger partial charge in [-0.1, -0.05) is 6.07 Å². The number of ether oxygens (including phenoxy) is 1. The summed E-state index contributed by atoms with van der Waals surface area (Å²) in [5, 5.41) is 3.26. The van der Waals surface area contributed by atoms with Gasteiger partial charge in [0.15, 0.2) is 0 Å². The highest BCUT2D eigenvalue weighted by Crippen LogP contribution is 2.22. The zero-order valence-electron chi connectivity index (χ0n) is 10.8. The lowest BCUT2D eigenvalue weighted by molar-refractivity contribution is 0.147. The van der Waals surface area contributed by atoms with E-state index in [9.17, 15) is 4.39 Å². The maximum atomic E-state index is 13.2. The quantitative estimate of drug-likeness (QED) is 0.921. The first-order valence-corrected chi connectivity index (χ1v) is 5.86. The Morgan fingerprint density at radius 2 is 2.05 bits per heavy atom. The molecule has 0 unspecified atom stereocenters. The zero-order chi connectivity index (χ0) is 12.1. The SMILES string of the molecule is COc1ccc([C@@H](CF)N2CCNCC2)cn1.Cl.Cl. The molecule has 0 radical (unpaired) electrons. The first-order chi connectivity index (χ1) is 8.35. The minimum atomic E-state index is -0.381. The van der Waals surface area contributed by atoms with Crippen LogP contribution in [0, 0.1) is 0 Å². The maximum Gasteiger partial charge on any atom is 0.212 e. The van der Waals surface area contributed by atoms with E-state index in [0.717, 1.165) is 31.7 Å². The summed E-state index contributed by atoms with van der Waals surface area (Å²) in [6.45, 7) is 3.20. The van der Waals surface area contributed by atoms with Gasteiger partial charge in [-0.25, -0.2) is 9.37 Å². The lowest BCUT2D eigenvalue weighted by atomic mass is 10.1. The normalized spacial score (nSPS) is 16.9.